The summed E-state index contributed by atoms with van der Waals surface area (Å²) in [7, 11) is 0. The molecule has 0 radical (unpaired) electrons. The van der Waals surface area contributed by atoms with E-state index in [-0.39, 0.29) is 24.3 Å². The quantitative estimate of drug-likeness (QED) is 0.780. The Balaban J connectivity index is 2.06. The van der Waals surface area contributed by atoms with Crippen LogP contribution in [0.5, 0.6) is 0 Å². The highest BCUT2D eigenvalue weighted by Gasteiger charge is 2.29. The summed E-state index contributed by atoms with van der Waals surface area (Å²) in [4.78, 5) is 31.3. The van der Waals surface area contributed by atoms with Crippen LogP contribution in [0.25, 0.3) is 0 Å². The molecule has 1 aliphatic rings. The first-order chi connectivity index (χ1) is 8.59. The fourth-order valence-electron chi connectivity index (χ4n) is 1.98. The molecule has 2 heterocycles. The van der Waals surface area contributed by atoms with Crippen molar-refractivity contribution in [1.82, 2.24) is 9.88 Å². The third-order valence-corrected chi connectivity index (χ3v) is 2.95. The number of aromatic nitrogens is 1. The zero-order valence-corrected chi connectivity index (χ0v) is 10.7. The van der Waals surface area contributed by atoms with E-state index >= 15 is 0 Å². The lowest BCUT2D eigenvalue weighted by Crippen LogP contribution is -2.53. The lowest BCUT2D eigenvalue weighted by atomic mass is 10.1. The van der Waals surface area contributed by atoms with E-state index in [2.05, 4.69) is 4.98 Å². The third-order valence-electron chi connectivity index (χ3n) is 2.95. The van der Waals surface area contributed by atoms with Crippen molar-refractivity contribution < 1.29 is 9.59 Å². The number of anilines is 1. The highest BCUT2D eigenvalue weighted by atomic mass is 16.2. The predicted molar refractivity (Wildman–Crippen MR) is 68.0 cm³/mol. The monoisotopic (exact) mass is 247 g/mol. The van der Waals surface area contributed by atoms with E-state index in [0.29, 0.717) is 18.9 Å². The van der Waals surface area contributed by atoms with Crippen molar-refractivity contribution in [1.29, 1.82) is 0 Å². The molecule has 0 unspecified atom stereocenters. The second kappa shape index (κ2) is 5.16. The average Bonchev–Trinajstić information content (AvgIpc) is 2.38. The normalized spacial score (nSPS) is 16.3. The van der Waals surface area contributed by atoms with Crippen LogP contribution in [-0.4, -0.2) is 41.3 Å². The summed E-state index contributed by atoms with van der Waals surface area (Å²) in [6.45, 7) is 4.91. The molecule has 0 aliphatic carbocycles. The number of hydrogen-bond donors (Lipinski definition) is 0. The minimum Gasteiger partial charge on any atom is -0.331 e. The molecule has 18 heavy (non-hydrogen) atoms. The van der Waals surface area contributed by atoms with E-state index in [1.54, 1.807) is 22.1 Å². The van der Waals surface area contributed by atoms with E-state index in [0.717, 1.165) is 0 Å². The Labute approximate surface area is 106 Å². The molecule has 2 rings (SSSR count). The maximum absolute atomic E-state index is 12.0. The Kier molecular flexibility index (Phi) is 3.60. The van der Waals surface area contributed by atoms with Crippen LogP contribution in [-0.2, 0) is 9.59 Å². The molecular formula is C13H17N3O2. The van der Waals surface area contributed by atoms with Gasteiger partial charge in [0, 0.05) is 25.2 Å². The standard InChI is InChI=1S/C13H17N3O2/c1-10(2)13(18)15-7-8-16(12(17)9-15)11-5-3-4-6-14-11/h3-6,10H,7-9H2,1-2H3. The number of hydrogen-bond acceptors (Lipinski definition) is 3. The summed E-state index contributed by atoms with van der Waals surface area (Å²) in [6, 6.07) is 5.46. The van der Waals surface area contributed by atoms with Gasteiger partial charge in [0.25, 0.3) is 0 Å². The van der Waals surface area contributed by atoms with Crippen molar-refractivity contribution in [2.24, 2.45) is 5.92 Å². The Hall–Kier alpha value is -1.91. The molecule has 2 amide bonds. The molecule has 1 aliphatic heterocycles. The minimum absolute atomic E-state index is 0.0315. The summed E-state index contributed by atoms with van der Waals surface area (Å²) >= 11 is 0. The Morgan fingerprint density at radius 1 is 1.33 bits per heavy atom. The van der Waals surface area contributed by atoms with Crippen molar-refractivity contribution in [2.45, 2.75) is 13.8 Å². The van der Waals surface area contributed by atoms with Gasteiger partial charge >= 0.3 is 0 Å². The molecule has 0 saturated carbocycles. The number of carbonyl (C=O) groups excluding carboxylic acids is 2. The smallest absolute Gasteiger partial charge is 0.247 e. The Morgan fingerprint density at radius 3 is 2.67 bits per heavy atom. The molecule has 1 aromatic heterocycles. The zero-order valence-electron chi connectivity index (χ0n) is 10.7. The number of piperazine rings is 1. The van der Waals surface area contributed by atoms with E-state index < -0.39 is 0 Å². The van der Waals surface area contributed by atoms with Gasteiger partial charge in [-0.05, 0) is 12.1 Å². The topological polar surface area (TPSA) is 53.5 Å². The predicted octanol–water partition coefficient (Wildman–Crippen LogP) is 0.913. The Morgan fingerprint density at radius 2 is 2.11 bits per heavy atom. The van der Waals surface area contributed by atoms with Gasteiger partial charge in [0.1, 0.15) is 12.4 Å². The van der Waals surface area contributed by atoms with Crippen LogP contribution in [0.15, 0.2) is 24.4 Å². The van der Waals surface area contributed by atoms with Crippen LogP contribution < -0.4 is 4.90 Å². The summed E-state index contributed by atoms with van der Waals surface area (Å²) < 4.78 is 0. The second-order valence-corrected chi connectivity index (χ2v) is 4.65. The maximum Gasteiger partial charge on any atom is 0.247 e. The van der Waals surface area contributed by atoms with Crippen LogP contribution in [0.2, 0.25) is 0 Å². The largest absolute Gasteiger partial charge is 0.331 e. The second-order valence-electron chi connectivity index (χ2n) is 4.65. The zero-order chi connectivity index (χ0) is 13.1. The maximum atomic E-state index is 12.0. The molecule has 1 aromatic rings. The average molecular weight is 247 g/mol. The molecule has 0 bridgehead atoms. The Bertz CT molecular complexity index is 445. The van der Waals surface area contributed by atoms with Crippen molar-refractivity contribution in [3.05, 3.63) is 24.4 Å². The van der Waals surface area contributed by atoms with E-state index in [4.69, 9.17) is 0 Å². The van der Waals surface area contributed by atoms with Crippen molar-refractivity contribution in [2.75, 3.05) is 24.5 Å². The first kappa shape index (κ1) is 12.5. The molecule has 96 valence electrons. The van der Waals surface area contributed by atoms with Crippen molar-refractivity contribution in [3.63, 3.8) is 0 Å². The molecular weight excluding hydrogens is 230 g/mol. The number of nitrogens with zero attached hydrogens (tertiary/aromatic N) is 3. The number of amides is 2. The lowest BCUT2D eigenvalue weighted by molar-refractivity contribution is -0.139. The van der Waals surface area contributed by atoms with Crippen LogP contribution in [0.3, 0.4) is 0 Å². The number of carbonyl (C=O) groups is 2. The molecule has 0 spiro atoms. The van der Waals surface area contributed by atoms with Crippen molar-refractivity contribution >= 4 is 17.6 Å². The molecule has 5 heteroatoms. The van der Waals surface area contributed by atoms with Gasteiger partial charge in [-0.2, -0.15) is 0 Å². The van der Waals surface area contributed by atoms with E-state index in [1.807, 2.05) is 26.0 Å². The van der Waals surface area contributed by atoms with Gasteiger partial charge in [0.05, 0.1) is 0 Å². The number of rotatable bonds is 2. The first-order valence-corrected chi connectivity index (χ1v) is 6.10. The summed E-state index contributed by atoms with van der Waals surface area (Å²) in [6.07, 6.45) is 1.66. The fourth-order valence-corrected chi connectivity index (χ4v) is 1.98. The van der Waals surface area contributed by atoms with Gasteiger partial charge in [-0.25, -0.2) is 4.98 Å². The fraction of sp³-hybridized carbons (Fsp3) is 0.462. The molecule has 0 aromatic carbocycles. The molecule has 5 nitrogen and oxygen atoms in total. The van der Waals surface area contributed by atoms with Crippen LogP contribution >= 0.6 is 0 Å². The highest BCUT2D eigenvalue weighted by Crippen LogP contribution is 2.14. The van der Waals surface area contributed by atoms with Gasteiger partial charge in [-0.15, -0.1) is 0 Å². The van der Waals surface area contributed by atoms with Crippen LogP contribution in [0.4, 0.5) is 5.82 Å². The molecule has 0 N–H and O–H groups in total. The number of pyridine rings is 1. The van der Waals surface area contributed by atoms with Crippen LogP contribution in [0, 0.1) is 5.92 Å². The molecule has 1 saturated heterocycles. The van der Waals surface area contributed by atoms with Crippen LogP contribution in [0.1, 0.15) is 13.8 Å². The van der Waals surface area contributed by atoms with E-state index in [1.165, 1.54) is 0 Å². The third kappa shape index (κ3) is 2.50. The first-order valence-electron chi connectivity index (χ1n) is 6.10. The van der Waals surface area contributed by atoms with Gasteiger partial charge in [-0.3, -0.25) is 14.5 Å². The van der Waals surface area contributed by atoms with Gasteiger partial charge in [0.15, 0.2) is 0 Å². The van der Waals surface area contributed by atoms with Crippen molar-refractivity contribution in [3.8, 4) is 0 Å². The van der Waals surface area contributed by atoms with Gasteiger partial charge in [0.2, 0.25) is 11.8 Å². The molecule has 1 fully saturated rings. The highest BCUT2D eigenvalue weighted by molar-refractivity contribution is 5.97. The summed E-state index contributed by atoms with van der Waals surface area (Å²) in [5.74, 6) is 0.538. The molecule has 0 atom stereocenters. The lowest BCUT2D eigenvalue weighted by Gasteiger charge is -2.34. The summed E-state index contributed by atoms with van der Waals surface area (Å²) in [5, 5.41) is 0. The van der Waals surface area contributed by atoms with Gasteiger partial charge in [-0.1, -0.05) is 19.9 Å². The SMILES string of the molecule is CC(C)C(=O)N1CCN(c2ccccn2)C(=O)C1. The van der Waals surface area contributed by atoms with E-state index in [9.17, 15) is 9.59 Å². The minimum atomic E-state index is -0.0750. The van der Waals surface area contributed by atoms with Gasteiger partial charge < -0.3 is 4.90 Å². The summed E-state index contributed by atoms with van der Waals surface area (Å²) in [5.41, 5.74) is 0.